The van der Waals surface area contributed by atoms with Gasteiger partial charge in [0.25, 0.3) is 0 Å². The first-order valence-corrected chi connectivity index (χ1v) is 8.18. The first-order valence-electron chi connectivity index (χ1n) is 5.98. The molecule has 96 valence electrons. The van der Waals surface area contributed by atoms with Crippen molar-refractivity contribution >= 4 is 23.5 Å². The fourth-order valence-electron chi connectivity index (χ4n) is 1.64. The number of rotatable bonds is 5. The molecule has 2 rings (SSSR count). The molecule has 6 heteroatoms. The average molecular weight is 273 g/mol. The van der Waals surface area contributed by atoms with Crippen LogP contribution in [0.1, 0.15) is 37.9 Å². The van der Waals surface area contributed by atoms with Gasteiger partial charge in [0.15, 0.2) is 5.82 Å². The van der Waals surface area contributed by atoms with E-state index in [1.54, 1.807) is 0 Å². The zero-order valence-electron chi connectivity index (χ0n) is 10.3. The Hall–Kier alpha value is -0.200. The highest BCUT2D eigenvalue weighted by Crippen LogP contribution is 2.31. The largest absolute Gasteiger partial charge is 0.339 e. The van der Waals surface area contributed by atoms with Gasteiger partial charge in [-0.25, -0.2) is 0 Å². The SMILES string of the molecule is CCC(C)SCc1noc(C2CSCC2N)n1. The molecule has 1 aliphatic rings. The molecule has 3 atom stereocenters. The van der Waals surface area contributed by atoms with Crippen LogP contribution in [0.4, 0.5) is 0 Å². The molecule has 0 aromatic carbocycles. The third kappa shape index (κ3) is 3.39. The zero-order chi connectivity index (χ0) is 12.3. The molecule has 1 aromatic rings. The first kappa shape index (κ1) is 13.2. The highest BCUT2D eigenvalue weighted by atomic mass is 32.2. The molecule has 1 aromatic heterocycles. The topological polar surface area (TPSA) is 64.9 Å². The maximum atomic E-state index is 6.01. The van der Waals surface area contributed by atoms with Crippen molar-refractivity contribution in [3.8, 4) is 0 Å². The molecule has 3 unspecified atom stereocenters. The van der Waals surface area contributed by atoms with Gasteiger partial charge in [-0.15, -0.1) is 0 Å². The first-order chi connectivity index (χ1) is 8.20. The van der Waals surface area contributed by atoms with Crippen molar-refractivity contribution in [2.45, 2.75) is 43.2 Å². The van der Waals surface area contributed by atoms with E-state index in [1.807, 2.05) is 23.5 Å². The summed E-state index contributed by atoms with van der Waals surface area (Å²) >= 11 is 3.72. The molecule has 1 saturated heterocycles. The van der Waals surface area contributed by atoms with E-state index in [0.717, 1.165) is 29.0 Å². The molecule has 0 radical (unpaired) electrons. The Morgan fingerprint density at radius 2 is 2.41 bits per heavy atom. The molecule has 0 amide bonds. The molecule has 17 heavy (non-hydrogen) atoms. The predicted molar refractivity (Wildman–Crippen MR) is 73.4 cm³/mol. The number of nitrogens with two attached hydrogens (primary N) is 1. The minimum atomic E-state index is 0.163. The van der Waals surface area contributed by atoms with E-state index in [1.165, 1.54) is 6.42 Å². The Morgan fingerprint density at radius 1 is 1.59 bits per heavy atom. The van der Waals surface area contributed by atoms with Crippen LogP contribution in [0.5, 0.6) is 0 Å². The van der Waals surface area contributed by atoms with Crippen LogP contribution in [0.25, 0.3) is 0 Å². The fourth-order valence-corrected chi connectivity index (χ4v) is 3.71. The van der Waals surface area contributed by atoms with E-state index in [9.17, 15) is 0 Å². The monoisotopic (exact) mass is 273 g/mol. The number of hydrogen-bond acceptors (Lipinski definition) is 6. The molecule has 4 nitrogen and oxygen atoms in total. The third-order valence-electron chi connectivity index (χ3n) is 3.00. The van der Waals surface area contributed by atoms with E-state index >= 15 is 0 Å². The Labute approximate surface area is 110 Å². The molecule has 1 fully saturated rings. The average Bonchev–Trinajstić information content (AvgIpc) is 2.94. The van der Waals surface area contributed by atoms with Crippen LogP contribution in [0.2, 0.25) is 0 Å². The second-order valence-electron chi connectivity index (χ2n) is 4.39. The van der Waals surface area contributed by atoms with Crippen molar-refractivity contribution < 1.29 is 4.52 Å². The predicted octanol–water partition coefficient (Wildman–Crippen LogP) is 2.26. The van der Waals surface area contributed by atoms with Crippen LogP contribution in [0, 0.1) is 0 Å². The third-order valence-corrected chi connectivity index (χ3v) is 5.54. The Balaban J connectivity index is 1.91. The van der Waals surface area contributed by atoms with Gasteiger partial charge >= 0.3 is 0 Å². The highest BCUT2D eigenvalue weighted by Gasteiger charge is 2.30. The summed E-state index contributed by atoms with van der Waals surface area (Å²) in [4.78, 5) is 4.46. The summed E-state index contributed by atoms with van der Waals surface area (Å²) in [6, 6.07) is 0.163. The van der Waals surface area contributed by atoms with Gasteiger partial charge in [0.2, 0.25) is 5.89 Å². The minimum Gasteiger partial charge on any atom is -0.339 e. The van der Waals surface area contributed by atoms with Gasteiger partial charge in [-0.2, -0.15) is 28.5 Å². The van der Waals surface area contributed by atoms with E-state index < -0.39 is 0 Å². The molecule has 2 heterocycles. The summed E-state index contributed by atoms with van der Waals surface area (Å²) in [7, 11) is 0. The molecule has 0 aliphatic carbocycles. The van der Waals surface area contributed by atoms with E-state index in [0.29, 0.717) is 5.25 Å². The van der Waals surface area contributed by atoms with Crippen LogP contribution < -0.4 is 5.73 Å². The fraction of sp³-hybridized carbons (Fsp3) is 0.818. The Kier molecular flexibility index (Phi) is 4.76. The lowest BCUT2D eigenvalue weighted by atomic mass is 10.1. The van der Waals surface area contributed by atoms with Crippen molar-refractivity contribution in [1.82, 2.24) is 10.1 Å². The van der Waals surface area contributed by atoms with E-state index in [2.05, 4.69) is 24.0 Å². The zero-order valence-corrected chi connectivity index (χ0v) is 11.9. The lowest BCUT2D eigenvalue weighted by molar-refractivity contribution is 0.349. The molecule has 0 spiro atoms. The Bertz CT molecular complexity index is 358. The van der Waals surface area contributed by atoms with Crippen molar-refractivity contribution in [3.05, 3.63) is 11.7 Å². The van der Waals surface area contributed by atoms with Crippen molar-refractivity contribution in [3.63, 3.8) is 0 Å². The molecule has 1 aliphatic heterocycles. The van der Waals surface area contributed by atoms with Gasteiger partial charge in [-0.1, -0.05) is 19.0 Å². The normalized spacial score (nSPS) is 26.3. The maximum Gasteiger partial charge on any atom is 0.232 e. The van der Waals surface area contributed by atoms with E-state index in [-0.39, 0.29) is 12.0 Å². The molecule has 2 N–H and O–H groups in total. The number of thioether (sulfide) groups is 2. The molecule has 0 saturated carbocycles. The summed E-state index contributed by atoms with van der Waals surface area (Å²) < 4.78 is 5.32. The van der Waals surface area contributed by atoms with Gasteiger partial charge < -0.3 is 10.3 Å². The molecule has 0 bridgehead atoms. The maximum absolute atomic E-state index is 6.01. The molecular formula is C11H19N3OS2. The van der Waals surface area contributed by atoms with E-state index in [4.69, 9.17) is 10.3 Å². The van der Waals surface area contributed by atoms with Crippen LogP contribution in [-0.4, -0.2) is 32.9 Å². The van der Waals surface area contributed by atoms with Crippen LogP contribution in [0.3, 0.4) is 0 Å². The lowest BCUT2D eigenvalue weighted by Gasteiger charge is -2.07. The summed E-state index contributed by atoms with van der Waals surface area (Å²) in [6.45, 7) is 4.41. The van der Waals surface area contributed by atoms with Crippen molar-refractivity contribution in [2.24, 2.45) is 5.73 Å². The van der Waals surface area contributed by atoms with Gasteiger partial charge in [0, 0.05) is 22.8 Å². The smallest absolute Gasteiger partial charge is 0.232 e. The highest BCUT2D eigenvalue weighted by molar-refractivity contribution is 7.99. The van der Waals surface area contributed by atoms with Crippen LogP contribution >= 0.6 is 23.5 Å². The Morgan fingerprint density at radius 3 is 3.06 bits per heavy atom. The quantitative estimate of drug-likeness (QED) is 0.887. The standard InChI is InChI=1S/C11H19N3OS2/c1-3-7(2)17-6-10-13-11(15-14-10)8-4-16-5-9(8)12/h7-9H,3-6,12H2,1-2H3. The van der Waals surface area contributed by atoms with Gasteiger partial charge in [-0.05, 0) is 6.42 Å². The van der Waals surface area contributed by atoms with Gasteiger partial charge in [-0.3, -0.25) is 0 Å². The van der Waals surface area contributed by atoms with Crippen LogP contribution in [0.15, 0.2) is 4.52 Å². The van der Waals surface area contributed by atoms with Crippen molar-refractivity contribution in [2.75, 3.05) is 11.5 Å². The summed E-state index contributed by atoms with van der Waals surface area (Å²) in [5, 5.41) is 4.67. The number of aromatic nitrogens is 2. The minimum absolute atomic E-state index is 0.163. The summed E-state index contributed by atoms with van der Waals surface area (Å²) in [5.41, 5.74) is 6.01. The van der Waals surface area contributed by atoms with Gasteiger partial charge in [0.1, 0.15) is 0 Å². The van der Waals surface area contributed by atoms with Crippen molar-refractivity contribution in [1.29, 1.82) is 0 Å². The second-order valence-corrected chi connectivity index (χ2v) is 6.89. The lowest BCUT2D eigenvalue weighted by Crippen LogP contribution is -2.26. The molecular weight excluding hydrogens is 254 g/mol. The number of nitrogens with zero attached hydrogens (tertiary/aromatic N) is 2. The summed E-state index contributed by atoms with van der Waals surface area (Å²) in [6.07, 6.45) is 1.17. The van der Waals surface area contributed by atoms with Crippen LogP contribution in [-0.2, 0) is 5.75 Å². The summed E-state index contributed by atoms with van der Waals surface area (Å²) in [5.74, 6) is 4.59. The van der Waals surface area contributed by atoms with Gasteiger partial charge in [0.05, 0.1) is 11.7 Å². The second kappa shape index (κ2) is 6.11. The number of hydrogen-bond donors (Lipinski definition) is 1.